The lowest BCUT2D eigenvalue weighted by Gasteiger charge is -1.58. The third-order valence-electron chi connectivity index (χ3n) is 0.354. The van der Waals surface area contributed by atoms with Gasteiger partial charge in [-0.15, -0.1) is 0 Å². The van der Waals surface area contributed by atoms with Gasteiger partial charge in [-0.3, -0.25) is 0 Å². The molecule has 0 unspecified atom stereocenters. The first-order valence-corrected chi connectivity index (χ1v) is 3.82. The van der Waals surface area contributed by atoms with E-state index in [-0.39, 0.29) is 0 Å². The predicted octanol–water partition coefficient (Wildman–Crippen LogP) is 3.42. The molecule has 0 aliphatic heterocycles. The van der Waals surface area contributed by atoms with Crippen LogP contribution in [0.2, 0.25) is 0 Å². The first-order chi connectivity index (χ1) is 3.23. The summed E-state index contributed by atoms with van der Waals surface area (Å²) in [6.07, 6.45) is 4.50. The first-order valence-electron chi connectivity index (χ1n) is 2.23. The molecule has 1 saturated carbocycles. The summed E-state index contributed by atoms with van der Waals surface area (Å²) in [5.41, 5.74) is 0. The average Bonchev–Trinajstić information content (AvgIpc) is 2.02. The Morgan fingerprint density at radius 3 is 1.29 bits per heavy atom. The zero-order chi connectivity index (χ0) is 5.70. The van der Waals surface area contributed by atoms with Crippen molar-refractivity contribution in [2.75, 3.05) is 0 Å². The van der Waals surface area contributed by atoms with Crippen molar-refractivity contribution in [1.82, 2.24) is 0 Å². The molecule has 0 aromatic heterocycles. The Bertz CT molecular complexity index is 50.3. The van der Waals surface area contributed by atoms with Crippen LogP contribution in [0.3, 0.4) is 0 Å². The van der Waals surface area contributed by atoms with Crippen LogP contribution in [-0.4, -0.2) is 0 Å². The predicted molar refractivity (Wildman–Crippen MR) is 40.8 cm³/mol. The second-order valence-electron chi connectivity index (χ2n) is 1.40. The summed E-state index contributed by atoms with van der Waals surface area (Å²) in [6, 6.07) is 0. The third kappa shape index (κ3) is 51.2. The summed E-state index contributed by atoms with van der Waals surface area (Å²) in [4.78, 5) is 0. The van der Waals surface area contributed by atoms with Gasteiger partial charge in [0.2, 0.25) is 0 Å². The van der Waals surface area contributed by atoms with Gasteiger partial charge in [0, 0.05) is 0 Å². The Morgan fingerprint density at radius 1 is 1.14 bits per heavy atom. The molecular formula is C5H8Br2. The largest absolute Gasteiger partial charge is 0.0777 e. The van der Waals surface area contributed by atoms with Gasteiger partial charge in [0.1, 0.15) is 0 Å². The molecule has 0 aromatic rings. The SMILES string of the molecule is C1CC1.C=C(Br)Br. The molecule has 0 nitrogen and oxygen atoms in total. The van der Waals surface area contributed by atoms with Gasteiger partial charge < -0.3 is 0 Å². The Balaban J connectivity index is 0.000000105. The van der Waals surface area contributed by atoms with Gasteiger partial charge in [-0.25, -0.2) is 0 Å². The maximum atomic E-state index is 3.39. The van der Waals surface area contributed by atoms with Gasteiger partial charge in [-0.2, -0.15) is 0 Å². The van der Waals surface area contributed by atoms with E-state index in [0.717, 1.165) is 3.39 Å². The van der Waals surface area contributed by atoms with E-state index in [1.807, 2.05) is 0 Å². The van der Waals surface area contributed by atoms with Crippen molar-refractivity contribution in [3.8, 4) is 0 Å². The molecule has 0 aromatic carbocycles. The number of hydrogen-bond acceptors (Lipinski definition) is 0. The van der Waals surface area contributed by atoms with E-state index >= 15 is 0 Å². The Morgan fingerprint density at radius 2 is 1.29 bits per heavy atom. The second kappa shape index (κ2) is 4.85. The van der Waals surface area contributed by atoms with Crippen LogP contribution in [0.25, 0.3) is 0 Å². The van der Waals surface area contributed by atoms with Crippen molar-refractivity contribution in [1.29, 1.82) is 0 Å². The van der Waals surface area contributed by atoms with Gasteiger partial charge in [0.25, 0.3) is 0 Å². The zero-order valence-electron chi connectivity index (χ0n) is 4.08. The van der Waals surface area contributed by atoms with Crippen LogP contribution < -0.4 is 0 Å². The molecule has 0 spiro atoms. The summed E-state index contributed by atoms with van der Waals surface area (Å²) in [5, 5.41) is 0. The van der Waals surface area contributed by atoms with Crippen molar-refractivity contribution in [3.63, 3.8) is 0 Å². The smallest absolute Gasteiger partial charge is 0.0532 e. The topological polar surface area (TPSA) is 0 Å². The van der Waals surface area contributed by atoms with E-state index in [1.165, 1.54) is 19.3 Å². The normalized spacial score (nSPS) is 14.0. The summed E-state index contributed by atoms with van der Waals surface area (Å²) >= 11 is 5.99. The molecule has 0 bridgehead atoms. The fourth-order valence-corrected chi connectivity index (χ4v) is 0. The minimum atomic E-state index is 0.792. The Labute approximate surface area is 61.2 Å². The summed E-state index contributed by atoms with van der Waals surface area (Å²) in [5.74, 6) is 0. The van der Waals surface area contributed by atoms with Gasteiger partial charge in [-0.05, 0) is 31.9 Å². The van der Waals surface area contributed by atoms with E-state index in [2.05, 4.69) is 38.4 Å². The molecular weight excluding hydrogens is 220 g/mol. The van der Waals surface area contributed by atoms with E-state index in [1.54, 1.807) is 0 Å². The van der Waals surface area contributed by atoms with E-state index in [4.69, 9.17) is 0 Å². The highest BCUT2D eigenvalue weighted by atomic mass is 79.9. The quantitative estimate of drug-likeness (QED) is 0.595. The number of hydrogen-bond donors (Lipinski definition) is 0. The summed E-state index contributed by atoms with van der Waals surface area (Å²) < 4.78 is 0.792. The average molecular weight is 228 g/mol. The molecule has 0 heterocycles. The van der Waals surface area contributed by atoms with Crippen molar-refractivity contribution in [2.45, 2.75) is 19.3 Å². The Kier molecular flexibility index (Phi) is 5.33. The molecule has 1 fully saturated rings. The van der Waals surface area contributed by atoms with E-state index < -0.39 is 0 Å². The molecule has 0 saturated heterocycles. The number of rotatable bonds is 0. The Hall–Kier alpha value is 0.700. The van der Waals surface area contributed by atoms with Crippen molar-refractivity contribution < 1.29 is 0 Å². The van der Waals surface area contributed by atoms with Crippen molar-refractivity contribution >= 4 is 31.9 Å². The molecule has 0 amide bonds. The third-order valence-corrected chi connectivity index (χ3v) is 0.354. The second-order valence-corrected chi connectivity index (χ2v) is 4.38. The zero-order valence-corrected chi connectivity index (χ0v) is 7.26. The molecule has 7 heavy (non-hydrogen) atoms. The minimum absolute atomic E-state index is 0.792. The van der Waals surface area contributed by atoms with Crippen molar-refractivity contribution in [3.05, 3.63) is 9.97 Å². The van der Waals surface area contributed by atoms with E-state index in [0.29, 0.717) is 0 Å². The highest BCUT2D eigenvalue weighted by Crippen LogP contribution is 2.14. The van der Waals surface area contributed by atoms with Gasteiger partial charge in [-0.1, -0.05) is 25.8 Å². The molecule has 0 radical (unpaired) electrons. The molecule has 0 atom stereocenters. The van der Waals surface area contributed by atoms with Crippen LogP contribution in [0.15, 0.2) is 9.97 Å². The highest BCUT2D eigenvalue weighted by Gasteiger charge is 1.95. The standard InChI is InChI=1S/C3H6.C2H2Br2/c1-2-3-1;1-2(3)4/h1-3H2;1H2. The summed E-state index contributed by atoms with van der Waals surface area (Å²) in [6.45, 7) is 3.39. The van der Waals surface area contributed by atoms with Gasteiger partial charge in [0.05, 0.1) is 3.39 Å². The van der Waals surface area contributed by atoms with Crippen LogP contribution in [-0.2, 0) is 0 Å². The van der Waals surface area contributed by atoms with Crippen LogP contribution >= 0.6 is 31.9 Å². The molecule has 0 N–H and O–H groups in total. The van der Waals surface area contributed by atoms with Crippen LogP contribution in [0.1, 0.15) is 19.3 Å². The lowest BCUT2D eigenvalue weighted by atomic mass is 11.0. The maximum absolute atomic E-state index is 3.39. The fraction of sp³-hybridized carbons (Fsp3) is 0.600. The number of halogens is 2. The van der Waals surface area contributed by atoms with Crippen LogP contribution in [0, 0.1) is 0 Å². The highest BCUT2D eigenvalue weighted by molar-refractivity contribution is 9.28. The molecule has 1 aliphatic carbocycles. The van der Waals surface area contributed by atoms with Gasteiger partial charge >= 0.3 is 0 Å². The molecule has 2 heteroatoms. The summed E-state index contributed by atoms with van der Waals surface area (Å²) in [7, 11) is 0. The monoisotopic (exact) mass is 226 g/mol. The maximum Gasteiger partial charge on any atom is 0.0532 e. The van der Waals surface area contributed by atoms with E-state index in [9.17, 15) is 0 Å². The van der Waals surface area contributed by atoms with Crippen molar-refractivity contribution in [2.24, 2.45) is 0 Å². The first kappa shape index (κ1) is 7.70. The minimum Gasteiger partial charge on any atom is -0.0777 e. The van der Waals surface area contributed by atoms with Crippen LogP contribution in [0.5, 0.6) is 0 Å². The molecule has 1 rings (SSSR count). The lowest BCUT2D eigenvalue weighted by molar-refractivity contribution is 1.50. The van der Waals surface area contributed by atoms with Gasteiger partial charge in [0.15, 0.2) is 0 Å². The molecule has 1 aliphatic rings. The van der Waals surface area contributed by atoms with Crippen LogP contribution in [0.4, 0.5) is 0 Å². The lowest BCUT2D eigenvalue weighted by Crippen LogP contribution is -1.19. The molecule has 42 valence electrons. The fourth-order valence-electron chi connectivity index (χ4n) is 0.